The minimum atomic E-state index is -0.307. The predicted molar refractivity (Wildman–Crippen MR) is 129 cm³/mol. The molecule has 0 fully saturated rings. The summed E-state index contributed by atoms with van der Waals surface area (Å²) in [6.45, 7) is 3.24. The van der Waals surface area contributed by atoms with Gasteiger partial charge in [-0.25, -0.2) is 4.39 Å². The maximum atomic E-state index is 14.0. The van der Waals surface area contributed by atoms with Crippen LogP contribution in [0.4, 0.5) is 27.9 Å². The molecule has 0 spiro atoms. The summed E-state index contributed by atoms with van der Waals surface area (Å²) in [5.74, 6) is 1.92. The molecule has 0 radical (unpaired) electrons. The average Bonchev–Trinajstić information content (AvgIpc) is 3.33. The number of nitrogens with zero attached hydrogens (tertiary/aromatic N) is 3. The van der Waals surface area contributed by atoms with Crippen LogP contribution in [0.5, 0.6) is 11.5 Å². The largest absolute Gasteiger partial charge is 0.454 e. The number of nitrogens with two attached hydrogens (primary N) is 1. The maximum Gasteiger partial charge on any atom is 0.233 e. The van der Waals surface area contributed by atoms with Gasteiger partial charge in [-0.1, -0.05) is 18.2 Å². The van der Waals surface area contributed by atoms with Gasteiger partial charge in [0.25, 0.3) is 0 Å². The van der Waals surface area contributed by atoms with Crippen LogP contribution in [0.2, 0.25) is 0 Å². The molecule has 1 aliphatic heterocycles. The van der Waals surface area contributed by atoms with E-state index in [1.165, 1.54) is 6.07 Å². The van der Waals surface area contributed by atoms with Crippen LogP contribution in [0.15, 0.2) is 42.5 Å². The quantitative estimate of drug-likeness (QED) is 0.251. The molecule has 12 heteroatoms. The smallest absolute Gasteiger partial charge is 0.233 e. The van der Waals surface area contributed by atoms with E-state index < -0.39 is 0 Å². The standard InChI is InChI=1S/C23H28FN7O4/c24-18-4-2-1-3-16(18)14-27-22-29-21(26-8-10-33-12-11-32-9-7-25)30-23(31-22)28-17-5-6-19-20(13-17)35-15-34-19/h1-6,13H,7-12,14-15,25H2,(H3,26,27,28,29,30,31). The Morgan fingerprint density at radius 1 is 0.857 bits per heavy atom. The molecule has 186 valence electrons. The molecule has 5 N–H and O–H groups in total. The van der Waals surface area contributed by atoms with E-state index >= 15 is 0 Å². The predicted octanol–water partition coefficient (Wildman–Crippen LogP) is 2.50. The molecule has 0 aliphatic carbocycles. The zero-order chi connectivity index (χ0) is 24.3. The van der Waals surface area contributed by atoms with E-state index in [4.69, 9.17) is 24.7 Å². The van der Waals surface area contributed by atoms with Crippen LogP contribution in [-0.2, 0) is 16.0 Å². The molecular formula is C23H28FN7O4. The number of halogens is 1. The van der Waals surface area contributed by atoms with Crippen molar-refractivity contribution in [3.05, 3.63) is 53.8 Å². The SMILES string of the molecule is NCCOCCOCCNc1nc(NCc2ccccc2F)nc(Nc2ccc3c(c2)OCO3)n1. The molecule has 0 saturated carbocycles. The third-order valence-electron chi connectivity index (χ3n) is 4.82. The summed E-state index contributed by atoms with van der Waals surface area (Å²) < 4.78 is 35.6. The highest BCUT2D eigenvalue weighted by Crippen LogP contribution is 2.34. The Kier molecular flexibility index (Phi) is 8.81. The van der Waals surface area contributed by atoms with Gasteiger partial charge in [-0.3, -0.25) is 0 Å². The van der Waals surface area contributed by atoms with Crippen molar-refractivity contribution in [1.29, 1.82) is 0 Å². The monoisotopic (exact) mass is 485 g/mol. The Bertz CT molecular complexity index is 1110. The second-order valence-corrected chi connectivity index (χ2v) is 7.38. The normalized spacial score (nSPS) is 11.9. The molecule has 35 heavy (non-hydrogen) atoms. The summed E-state index contributed by atoms with van der Waals surface area (Å²) in [7, 11) is 0. The van der Waals surface area contributed by atoms with Crippen molar-refractivity contribution in [1.82, 2.24) is 15.0 Å². The first kappa shape index (κ1) is 24.4. The van der Waals surface area contributed by atoms with Crippen molar-refractivity contribution in [3.63, 3.8) is 0 Å². The first-order valence-corrected chi connectivity index (χ1v) is 11.2. The van der Waals surface area contributed by atoms with E-state index in [0.717, 1.165) is 0 Å². The number of rotatable bonds is 14. The Balaban J connectivity index is 1.40. The highest BCUT2D eigenvalue weighted by molar-refractivity contribution is 5.61. The number of benzene rings is 2. The Morgan fingerprint density at radius 3 is 2.43 bits per heavy atom. The van der Waals surface area contributed by atoms with Crippen LogP contribution in [-0.4, -0.2) is 61.3 Å². The van der Waals surface area contributed by atoms with Crippen LogP contribution in [0, 0.1) is 5.82 Å². The fourth-order valence-electron chi connectivity index (χ4n) is 3.15. The first-order chi connectivity index (χ1) is 17.2. The second-order valence-electron chi connectivity index (χ2n) is 7.38. The van der Waals surface area contributed by atoms with Crippen molar-refractivity contribution < 1.29 is 23.3 Å². The lowest BCUT2D eigenvalue weighted by molar-refractivity contribution is 0.0547. The second kappa shape index (κ2) is 12.6. The van der Waals surface area contributed by atoms with Crippen molar-refractivity contribution >= 4 is 23.5 Å². The van der Waals surface area contributed by atoms with Gasteiger partial charge in [0.1, 0.15) is 5.82 Å². The summed E-state index contributed by atoms with van der Waals surface area (Å²) in [4.78, 5) is 13.2. The van der Waals surface area contributed by atoms with Gasteiger partial charge in [0.2, 0.25) is 24.6 Å². The van der Waals surface area contributed by atoms with Crippen LogP contribution in [0.3, 0.4) is 0 Å². The Labute approximate surface area is 202 Å². The summed E-state index contributed by atoms with van der Waals surface area (Å²) in [5, 5.41) is 9.32. The number of fused-ring (bicyclic) bond motifs is 1. The van der Waals surface area contributed by atoms with E-state index in [9.17, 15) is 4.39 Å². The van der Waals surface area contributed by atoms with Gasteiger partial charge in [-0.2, -0.15) is 15.0 Å². The molecule has 0 saturated heterocycles. The fraction of sp³-hybridized carbons (Fsp3) is 0.348. The van der Waals surface area contributed by atoms with Crippen molar-refractivity contribution in [2.75, 3.05) is 62.3 Å². The summed E-state index contributed by atoms with van der Waals surface area (Å²) in [6, 6.07) is 12.0. The fourth-order valence-corrected chi connectivity index (χ4v) is 3.15. The van der Waals surface area contributed by atoms with E-state index in [1.807, 2.05) is 6.07 Å². The van der Waals surface area contributed by atoms with E-state index in [1.54, 1.807) is 30.3 Å². The Hall–Kier alpha value is -3.74. The van der Waals surface area contributed by atoms with Crippen molar-refractivity contribution in [3.8, 4) is 11.5 Å². The van der Waals surface area contributed by atoms with Crippen molar-refractivity contribution in [2.45, 2.75) is 6.54 Å². The molecule has 11 nitrogen and oxygen atoms in total. The minimum absolute atomic E-state index is 0.184. The number of nitrogens with one attached hydrogen (secondary N) is 3. The van der Waals surface area contributed by atoms with E-state index in [-0.39, 0.29) is 25.1 Å². The Morgan fingerprint density at radius 2 is 1.60 bits per heavy atom. The molecule has 0 bridgehead atoms. The van der Waals surface area contributed by atoms with Crippen LogP contribution >= 0.6 is 0 Å². The van der Waals surface area contributed by atoms with Crippen molar-refractivity contribution in [2.24, 2.45) is 5.73 Å². The topological polar surface area (TPSA) is 138 Å². The molecule has 4 rings (SSSR count). The van der Waals surface area contributed by atoms with Gasteiger partial charge in [0.15, 0.2) is 11.5 Å². The molecule has 1 aliphatic rings. The molecule has 0 unspecified atom stereocenters. The van der Waals surface area contributed by atoms with Gasteiger partial charge < -0.3 is 40.6 Å². The lowest BCUT2D eigenvalue weighted by Gasteiger charge is -2.12. The summed E-state index contributed by atoms with van der Waals surface area (Å²) >= 11 is 0. The zero-order valence-corrected chi connectivity index (χ0v) is 19.1. The van der Waals surface area contributed by atoms with Gasteiger partial charge >= 0.3 is 0 Å². The van der Waals surface area contributed by atoms with E-state index in [2.05, 4.69) is 30.9 Å². The third-order valence-corrected chi connectivity index (χ3v) is 4.82. The molecule has 0 amide bonds. The molecule has 2 heterocycles. The zero-order valence-electron chi connectivity index (χ0n) is 19.1. The lowest BCUT2D eigenvalue weighted by Crippen LogP contribution is -2.17. The lowest BCUT2D eigenvalue weighted by atomic mass is 10.2. The number of ether oxygens (including phenoxy) is 4. The summed E-state index contributed by atoms with van der Waals surface area (Å²) in [6.07, 6.45) is 0. The number of aromatic nitrogens is 3. The van der Waals surface area contributed by atoms with Crippen LogP contribution < -0.4 is 31.2 Å². The molecule has 0 atom stereocenters. The number of hydrogen-bond acceptors (Lipinski definition) is 11. The van der Waals surface area contributed by atoms with Gasteiger partial charge in [0.05, 0.1) is 26.4 Å². The average molecular weight is 486 g/mol. The molecule has 3 aromatic rings. The highest BCUT2D eigenvalue weighted by Gasteiger charge is 2.14. The van der Waals surface area contributed by atoms with Crippen LogP contribution in [0.1, 0.15) is 5.56 Å². The highest BCUT2D eigenvalue weighted by atomic mass is 19.1. The summed E-state index contributed by atoms with van der Waals surface area (Å²) in [5.41, 5.74) is 6.59. The minimum Gasteiger partial charge on any atom is -0.454 e. The molecule has 1 aromatic heterocycles. The third kappa shape index (κ3) is 7.37. The van der Waals surface area contributed by atoms with E-state index in [0.29, 0.717) is 74.2 Å². The maximum absolute atomic E-state index is 14.0. The van der Waals surface area contributed by atoms with Gasteiger partial charge in [-0.15, -0.1) is 0 Å². The molecular weight excluding hydrogens is 457 g/mol. The first-order valence-electron chi connectivity index (χ1n) is 11.2. The number of anilines is 4. The molecule has 2 aromatic carbocycles. The van der Waals surface area contributed by atoms with Gasteiger partial charge in [0, 0.05) is 37.0 Å². The number of hydrogen-bond donors (Lipinski definition) is 4. The van der Waals surface area contributed by atoms with Gasteiger partial charge in [-0.05, 0) is 18.2 Å². The van der Waals surface area contributed by atoms with Crippen LogP contribution in [0.25, 0.3) is 0 Å².